The Morgan fingerprint density at radius 3 is 2.29 bits per heavy atom. The highest BCUT2D eigenvalue weighted by Crippen LogP contribution is 2.47. The van der Waals surface area contributed by atoms with Gasteiger partial charge in [-0.15, -0.1) is 12.4 Å². The minimum atomic E-state index is -1.15. The zero-order chi connectivity index (χ0) is 31.6. The fourth-order valence-corrected chi connectivity index (χ4v) is 6.92. The van der Waals surface area contributed by atoms with Gasteiger partial charge in [-0.3, -0.25) is 19.5 Å². The molecule has 2 fully saturated rings. The lowest BCUT2D eigenvalue weighted by atomic mass is 9.63. The number of pyridine rings is 1. The topological polar surface area (TPSA) is 107 Å². The van der Waals surface area contributed by atoms with Crippen LogP contribution in [0, 0.1) is 17.6 Å². The number of piperidine rings is 1. The first-order valence-corrected chi connectivity index (χ1v) is 14.6. The number of benzene rings is 2. The molecule has 1 aromatic heterocycles. The van der Waals surface area contributed by atoms with Gasteiger partial charge in [-0.05, 0) is 73.7 Å². The number of aromatic nitrogens is 1. The zero-order valence-electron chi connectivity index (χ0n) is 25.8. The van der Waals surface area contributed by atoms with Gasteiger partial charge in [-0.2, -0.15) is 0 Å². The van der Waals surface area contributed by atoms with Crippen molar-refractivity contribution in [1.82, 2.24) is 14.8 Å². The van der Waals surface area contributed by atoms with Gasteiger partial charge in [0, 0.05) is 49.6 Å². The van der Waals surface area contributed by atoms with E-state index in [9.17, 15) is 18.4 Å². The van der Waals surface area contributed by atoms with E-state index in [4.69, 9.17) is 19.9 Å². The smallest absolute Gasteiger partial charge is 0.254 e. The lowest BCUT2D eigenvalue weighted by molar-refractivity contribution is -0.126. The van der Waals surface area contributed by atoms with Crippen LogP contribution in [-0.2, 0) is 10.2 Å². The largest absolute Gasteiger partial charge is 0.493 e. The Bertz CT molecular complexity index is 1510. The minimum Gasteiger partial charge on any atom is -0.493 e. The summed E-state index contributed by atoms with van der Waals surface area (Å²) in [6.45, 7) is 4.16. The summed E-state index contributed by atoms with van der Waals surface area (Å²) in [6, 6.07) is 10.7. The van der Waals surface area contributed by atoms with E-state index in [1.807, 2.05) is 11.0 Å². The fourth-order valence-electron chi connectivity index (χ4n) is 6.92. The van der Waals surface area contributed by atoms with Crippen LogP contribution in [0.5, 0.6) is 17.2 Å². The number of primary amides is 1. The van der Waals surface area contributed by atoms with Crippen LogP contribution in [0.2, 0.25) is 0 Å². The molecule has 3 aromatic rings. The minimum absolute atomic E-state index is 0. The molecule has 3 heterocycles. The van der Waals surface area contributed by atoms with E-state index in [1.54, 1.807) is 30.6 Å². The van der Waals surface area contributed by atoms with Crippen molar-refractivity contribution in [2.45, 2.75) is 37.1 Å². The molecule has 4 unspecified atom stereocenters. The fraction of sp³-hybridized carbons (Fsp3) is 0.424. The van der Waals surface area contributed by atoms with Gasteiger partial charge in [0.1, 0.15) is 0 Å². The number of rotatable bonds is 9. The molecule has 45 heavy (non-hydrogen) atoms. The number of hydrogen-bond donors (Lipinski definition) is 1. The number of halogens is 3. The maximum absolute atomic E-state index is 14.5. The summed E-state index contributed by atoms with van der Waals surface area (Å²) < 4.78 is 44.7. The number of nitrogens with two attached hydrogens (primary N) is 1. The third-order valence-corrected chi connectivity index (χ3v) is 9.45. The summed E-state index contributed by atoms with van der Waals surface area (Å²) in [5.41, 5.74) is 6.55. The molecule has 2 amide bonds. The second-order valence-corrected chi connectivity index (χ2v) is 11.5. The molecule has 0 saturated carbocycles. The Morgan fingerprint density at radius 2 is 1.71 bits per heavy atom. The highest BCUT2D eigenvalue weighted by Gasteiger charge is 2.51. The molecule has 5 rings (SSSR count). The Hall–Kier alpha value is -3.96. The number of carbonyl (C=O) groups excluding carboxylic acids is 2. The first-order valence-electron chi connectivity index (χ1n) is 14.6. The van der Waals surface area contributed by atoms with Crippen molar-refractivity contribution in [1.29, 1.82) is 0 Å². The Balaban J connectivity index is 0.00000461. The van der Waals surface area contributed by atoms with Crippen molar-refractivity contribution in [3.8, 4) is 17.2 Å². The van der Waals surface area contributed by atoms with Gasteiger partial charge in [0.05, 0.1) is 26.7 Å². The molecule has 9 nitrogen and oxygen atoms in total. The summed E-state index contributed by atoms with van der Waals surface area (Å²) in [7, 11) is 4.52. The van der Waals surface area contributed by atoms with Crippen LogP contribution in [0.4, 0.5) is 8.78 Å². The number of methoxy groups -OCH3 is 3. The number of nitrogens with zero attached hydrogens (tertiary/aromatic N) is 3. The number of likely N-dealkylation sites (tertiary alicyclic amines) is 2. The van der Waals surface area contributed by atoms with E-state index >= 15 is 0 Å². The molecule has 2 aromatic carbocycles. The average Bonchev–Trinajstić information content (AvgIpc) is 3.55. The van der Waals surface area contributed by atoms with E-state index in [0.29, 0.717) is 66.5 Å². The summed E-state index contributed by atoms with van der Waals surface area (Å²) >= 11 is 0. The van der Waals surface area contributed by atoms with E-state index in [-0.39, 0.29) is 30.3 Å². The Morgan fingerprint density at radius 1 is 1.00 bits per heavy atom. The molecule has 242 valence electrons. The summed E-state index contributed by atoms with van der Waals surface area (Å²) in [6.07, 6.45) is 4.41. The van der Waals surface area contributed by atoms with Gasteiger partial charge in [-0.25, -0.2) is 8.78 Å². The second kappa shape index (κ2) is 14.0. The lowest BCUT2D eigenvalue weighted by Gasteiger charge is -2.49. The molecule has 0 bridgehead atoms. The maximum Gasteiger partial charge on any atom is 0.254 e. The second-order valence-electron chi connectivity index (χ2n) is 11.5. The number of carbonyl (C=O) groups is 2. The molecule has 0 aliphatic carbocycles. The predicted octanol–water partition coefficient (Wildman–Crippen LogP) is 4.57. The van der Waals surface area contributed by atoms with Gasteiger partial charge in [0.25, 0.3) is 5.91 Å². The zero-order valence-corrected chi connectivity index (χ0v) is 26.6. The van der Waals surface area contributed by atoms with E-state index in [0.717, 1.165) is 18.6 Å². The predicted molar refractivity (Wildman–Crippen MR) is 167 cm³/mol. The van der Waals surface area contributed by atoms with Crippen LogP contribution in [0.25, 0.3) is 0 Å². The standard InChI is InChI=1S/C33H38F2N4O5.ClH/c1-20(22-9-12-39(18-22)31(40)23-15-28(42-2)30(44-4)29(16-23)43-3)38-13-10-33(32(36)41,24-6-5-11-37-17-24)25(19-38)21-7-8-26(34)27(35)14-21;/h5-8,11,14-17,20,22,25H,9-10,12-13,18-19H2,1-4H3,(H2,36,41);1H. The summed E-state index contributed by atoms with van der Waals surface area (Å²) in [4.78, 5) is 35.2. The van der Waals surface area contributed by atoms with E-state index in [1.165, 1.54) is 27.4 Å². The highest BCUT2D eigenvalue weighted by atomic mass is 35.5. The van der Waals surface area contributed by atoms with E-state index in [2.05, 4.69) is 16.8 Å². The molecular weight excluding hydrogens is 606 g/mol. The van der Waals surface area contributed by atoms with Crippen LogP contribution in [-0.4, -0.2) is 80.1 Å². The van der Waals surface area contributed by atoms with E-state index < -0.39 is 28.9 Å². The average molecular weight is 645 g/mol. The maximum atomic E-state index is 14.5. The van der Waals surface area contributed by atoms with Gasteiger partial charge in [0.15, 0.2) is 23.1 Å². The number of amides is 2. The first kappa shape index (κ1) is 33.9. The van der Waals surface area contributed by atoms with Crippen LogP contribution in [0.1, 0.15) is 47.2 Å². The molecule has 2 N–H and O–H groups in total. The van der Waals surface area contributed by atoms with Crippen molar-refractivity contribution in [3.05, 3.63) is 83.2 Å². The summed E-state index contributed by atoms with van der Waals surface area (Å²) in [5, 5.41) is 0. The number of hydrogen-bond acceptors (Lipinski definition) is 7. The molecule has 2 saturated heterocycles. The molecule has 0 spiro atoms. The van der Waals surface area contributed by atoms with Crippen molar-refractivity contribution < 1.29 is 32.6 Å². The number of ether oxygens (including phenoxy) is 3. The molecule has 0 radical (unpaired) electrons. The molecule has 4 atom stereocenters. The Labute approximate surface area is 268 Å². The van der Waals surface area contributed by atoms with Gasteiger partial charge in [0.2, 0.25) is 11.7 Å². The monoisotopic (exact) mass is 644 g/mol. The molecule has 2 aliphatic heterocycles. The third-order valence-electron chi connectivity index (χ3n) is 9.45. The lowest BCUT2D eigenvalue weighted by Crippen LogP contribution is -2.57. The third kappa shape index (κ3) is 6.28. The summed E-state index contributed by atoms with van der Waals surface area (Å²) in [5.74, 6) is -1.78. The molecule has 12 heteroatoms. The van der Waals surface area contributed by atoms with Gasteiger partial charge < -0.3 is 24.8 Å². The van der Waals surface area contributed by atoms with Crippen LogP contribution in [0.3, 0.4) is 0 Å². The first-order chi connectivity index (χ1) is 21.1. The van der Waals surface area contributed by atoms with Crippen molar-refractivity contribution in [3.63, 3.8) is 0 Å². The SMILES string of the molecule is COc1cc(C(=O)N2CCC(C(C)N3CCC(C(N)=O)(c4cccnc4)C(c4ccc(F)c(F)c4)C3)C2)cc(OC)c1OC.Cl. The van der Waals surface area contributed by atoms with Gasteiger partial charge in [-0.1, -0.05) is 12.1 Å². The van der Waals surface area contributed by atoms with Crippen molar-refractivity contribution >= 4 is 24.2 Å². The van der Waals surface area contributed by atoms with Gasteiger partial charge >= 0.3 is 0 Å². The van der Waals surface area contributed by atoms with Crippen LogP contribution < -0.4 is 19.9 Å². The van der Waals surface area contributed by atoms with Crippen molar-refractivity contribution in [2.24, 2.45) is 11.7 Å². The van der Waals surface area contributed by atoms with Crippen LogP contribution in [0.15, 0.2) is 54.9 Å². The van der Waals surface area contributed by atoms with Crippen molar-refractivity contribution in [2.75, 3.05) is 47.5 Å². The normalized spacial score (nSPS) is 22.3. The quantitative estimate of drug-likeness (QED) is 0.364. The molecule has 2 aliphatic rings. The Kier molecular flexibility index (Phi) is 10.5. The highest BCUT2D eigenvalue weighted by molar-refractivity contribution is 5.96. The molecular formula is C33H39ClF2N4O5. The van der Waals surface area contributed by atoms with Crippen LogP contribution >= 0.6 is 12.4 Å².